The topological polar surface area (TPSA) is 76.5 Å². The largest absolute Gasteiger partial charge is 0.416 e. The number of para-hydroxylation sites is 1. The zero-order valence-corrected chi connectivity index (χ0v) is 21.8. The molecule has 0 saturated carbocycles. The molecular formula is C29H29F3N4O3. The molecule has 3 aromatic carbocycles. The fraction of sp³-hybridized carbons (Fsp3) is 0.276. The molecule has 204 valence electrons. The van der Waals surface area contributed by atoms with Gasteiger partial charge in [-0.2, -0.15) is 13.2 Å². The molecule has 1 heterocycles. The number of aryl methyl sites for hydroxylation is 1. The van der Waals surface area contributed by atoms with Crippen molar-refractivity contribution in [1.82, 2.24) is 14.5 Å². The first-order valence-electron chi connectivity index (χ1n) is 12.5. The van der Waals surface area contributed by atoms with Crippen LogP contribution < -0.4 is 10.9 Å². The molecule has 39 heavy (non-hydrogen) atoms. The number of amides is 2. The van der Waals surface area contributed by atoms with Gasteiger partial charge in [0.25, 0.3) is 5.56 Å². The van der Waals surface area contributed by atoms with E-state index in [-0.39, 0.29) is 24.4 Å². The number of hydrogen-bond donors (Lipinski definition) is 1. The van der Waals surface area contributed by atoms with Gasteiger partial charge in [-0.15, -0.1) is 0 Å². The molecule has 0 bridgehead atoms. The third-order valence-corrected chi connectivity index (χ3v) is 6.48. The van der Waals surface area contributed by atoms with E-state index < -0.39 is 23.8 Å². The number of halogens is 3. The van der Waals surface area contributed by atoms with E-state index in [2.05, 4.69) is 5.32 Å². The van der Waals surface area contributed by atoms with Crippen LogP contribution in [0.15, 0.2) is 77.6 Å². The summed E-state index contributed by atoms with van der Waals surface area (Å²) in [5, 5.41) is 2.98. The Balaban J connectivity index is 1.79. The number of anilines is 1. The molecule has 0 spiro atoms. The van der Waals surface area contributed by atoms with Gasteiger partial charge in [-0.25, -0.2) is 9.78 Å². The normalized spacial score (nSPS) is 12.4. The van der Waals surface area contributed by atoms with Crippen LogP contribution in [0.1, 0.15) is 36.8 Å². The SMILES string of the molecule is CCc1ccc(-n2c(C(C)N(CCOC)C(=O)Nc3cccc(C(F)(F)F)c3)nc3ccccc3c2=O)cc1. The van der Waals surface area contributed by atoms with Crippen LogP contribution in [0.3, 0.4) is 0 Å². The summed E-state index contributed by atoms with van der Waals surface area (Å²) >= 11 is 0. The second-order valence-electron chi connectivity index (χ2n) is 9.02. The van der Waals surface area contributed by atoms with Gasteiger partial charge >= 0.3 is 12.2 Å². The number of carbonyl (C=O) groups excluding carboxylic acids is 1. The van der Waals surface area contributed by atoms with E-state index >= 15 is 0 Å². The maximum absolute atomic E-state index is 13.7. The van der Waals surface area contributed by atoms with Crippen molar-refractivity contribution >= 4 is 22.6 Å². The molecule has 2 amide bonds. The summed E-state index contributed by atoms with van der Waals surface area (Å²) in [6.45, 7) is 4.00. The van der Waals surface area contributed by atoms with Gasteiger partial charge in [0.1, 0.15) is 5.82 Å². The summed E-state index contributed by atoms with van der Waals surface area (Å²) in [4.78, 5) is 33.3. The first-order valence-corrected chi connectivity index (χ1v) is 12.5. The fourth-order valence-electron chi connectivity index (χ4n) is 4.33. The van der Waals surface area contributed by atoms with Gasteiger partial charge in [0.05, 0.1) is 34.8 Å². The quantitative estimate of drug-likeness (QED) is 0.290. The van der Waals surface area contributed by atoms with Crippen molar-refractivity contribution in [2.45, 2.75) is 32.5 Å². The minimum Gasteiger partial charge on any atom is -0.383 e. The van der Waals surface area contributed by atoms with Crippen LogP contribution in [0.4, 0.5) is 23.7 Å². The van der Waals surface area contributed by atoms with Gasteiger partial charge in [0, 0.05) is 19.3 Å². The highest BCUT2D eigenvalue weighted by Gasteiger charge is 2.31. The standard InChI is InChI=1S/C29H29F3N4O3/c1-4-20-12-14-23(15-13-20)36-26(34-25-11-6-5-10-24(25)27(36)37)19(2)35(16-17-39-3)28(38)33-22-9-7-8-21(18-22)29(30,31)32/h5-15,18-19H,4,16-17H2,1-3H3,(H,33,38). The Labute approximate surface area is 223 Å². The van der Waals surface area contributed by atoms with Gasteiger partial charge < -0.3 is 15.0 Å². The second kappa shape index (κ2) is 11.7. The molecule has 4 rings (SSSR count). The molecule has 0 aliphatic carbocycles. The first kappa shape index (κ1) is 27.8. The number of methoxy groups -OCH3 is 1. The Morgan fingerprint density at radius 3 is 2.46 bits per heavy atom. The summed E-state index contributed by atoms with van der Waals surface area (Å²) < 4.78 is 46.3. The molecule has 1 aromatic heterocycles. The first-order chi connectivity index (χ1) is 18.6. The number of fused-ring (bicyclic) bond motifs is 1. The molecular weight excluding hydrogens is 509 g/mol. The summed E-state index contributed by atoms with van der Waals surface area (Å²) in [6.07, 6.45) is -3.73. The van der Waals surface area contributed by atoms with Crippen LogP contribution >= 0.6 is 0 Å². The van der Waals surface area contributed by atoms with Crippen molar-refractivity contribution in [2.24, 2.45) is 0 Å². The number of nitrogens with one attached hydrogen (secondary N) is 1. The molecule has 0 saturated heterocycles. The molecule has 1 N–H and O–H groups in total. The highest BCUT2D eigenvalue weighted by molar-refractivity contribution is 5.89. The predicted molar refractivity (Wildman–Crippen MR) is 144 cm³/mol. The van der Waals surface area contributed by atoms with Gasteiger partial charge in [0.2, 0.25) is 0 Å². The Kier molecular flexibility index (Phi) is 8.35. The van der Waals surface area contributed by atoms with Crippen molar-refractivity contribution in [1.29, 1.82) is 0 Å². The van der Waals surface area contributed by atoms with Crippen LogP contribution in [0, 0.1) is 0 Å². The zero-order chi connectivity index (χ0) is 28.2. The van der Waals surface area contributed by atoms with Crippen molar-refractivity contribution in [3.63, 3.8) is 0 Å². The highest BCUT2D eigenvalue weighted by Crippen LogP contribution is 2.31. The van der Waals surface area contributed by atoms with E-state index in [0.717, 1.165) is 24.1 Å². The molecule has 10 heteroatoms. The third kappa shape index (κ3) is 6.12. The van der Waals surface area contributed by atoms with Gasteiger partial charge in [-0.1, -0.05) is 37.3 Å². The predicted octanol–water partition coefficient (Wildman–Crippen LogP) is 6.21. The van der Waals surface area contributed by atoms with Crippen LogP contribution in [-0.2, 0) is 17.3 Å². The number of carbonyl (C=O) groups is 1. The number of nitrogens with zero attached hydrogens (tertiary/aromatic N) is 3. The Morgan fingerprint density at radius 1 is 1.08 bits per heavy atom. The Bertz CT molecular complexity index is 1520. The van der Waals surface area contributed by atoms with Crippen molar-refractivity contribution < 1.29 is 22.7 Å². The van der Waals surface area contributed by atoms with Crippen molar-refractivity contribution in [3.8, 4) is 5.69 Å². The summed E-state index contributed by atoms with van der Waals surface area (Å²) in [7, 11) is 1.48. The van der Waals surface area contributed by atoms with Crippen molar-refractivity contribution in [2.75, 3.05) is 25.6 Å². The molecule has 0 radical (unpaired) electrons. The number of alkyl halides is 3. The van der Waals surface area contributed by atoms with E-state index in [0.29, 0.717) is 22.4 Å². The number of ether oxygens (including phenoxy) is 1. The zero-order valence-electron chi connectivity index (χ0n) is 21.8. The van der Waals surface area contributed by atoms with Crippen LogP contribution in [0.5, 0.6) is 0 Å². The number of rotatable bonds is 8. The lowest BCUT2D eigenvalue weighted by atomic mass is 10.1. The lowest BCUT2D eigenvalue weighted by Gasteiger charge is -2.30. The molecule has 0 fully saturated rings. The highest BCUT2D eigenvalue weighted by atomic mass is 19.4. The average molecular weight is 539 g/mol. The lowest BCUT2D eigenvalue weighted by molar-refractivity contribution is -0.137. The molecule has 0 aliphatic heterocycles. The lowest BCUT2D eigenvalue weighted by Crippen LogP contribution is -2.41. The van der Waals surface area contributed by atoms with E-state index in [1.807, 2.05) is 31.2 Å². The van der Waals surface area contributed by atoms with E-state index in [1.165, 1.54) is 28.7 Å². The second-order valence-corrected chi connectivity index (χ2v) is 9.02. The average Bonchev–Trinajstić information content (AvgIpc) is 2.93. The monoisotopic (exact) mass is 538 g/mol. The molecule has 1 atom stereocenters. The number of hydrogen-bond acceptors (Lipinski definition) is 4. The molecule has 7 nitrogen and oxygen atoms in total. The van der Waals surface area contributed by atoms with Crippen LogP contribution in [-0.4, -0.2) is 40.7 Å². The number of benzene rings is 3. The van der Waals surface area contributed by atoms with E-state index in [9.17, 15) is 22.8 Å². The minimum absolute atomic E-state index is 0.0107. The smallest absolute Gasteiger partial charge is 0.383 e. The molecule has 1 unspecified atom stereocenters. The summed E-state index contributed by atoms with van der Waals surface area (Å²) in [6, 6.07) is 17.4. The fourth-order valence-corrected chi connectivity index (χ4v) is 4.33. The van der Waals surface area contributed by atoms with Gasteiger partial charge in [-0.05, 0) is 61.4 Å². The van der Waals surface area contributed by atoms with Crippen molar-refractivity contribution in [3.05, 3.63) is 100 Å². The van der Waals surface area contributed by atoms with E-state index in [1.54, 1.807) is 31.2 Å². The molecule has 0 aliphatic rings. The maximum atomic E-state index is 13.7. The third-order valence-electron chi connectivity index (χ3n) is 6.48. The summed E-state index contributed by atoms with van der Waals surface area (Å²) in [5.74, 6) is 0.304. The molecule has 4 aromatic rings. The maximum Gasteiger partial charge on any atom is 0.416 e. The van der Waals surface area contributed by atoms with Gasteiger partial charge in [-0.3, -0.25) is 9.36 Å². The summed E-state index contributed by atoms with van der Waals surface area (Å²) in [5.41, 5.74) is 0.966. The van der Waals surface area contributed by atoms with E-state index in [4.69, 9.17) is 9.72 Å². The minimum atomic E-state index is -4.55. The van der Waals surface area contributed by atoms with Crippen LogP contribution in [0.25, 0.3) is 16.6 Å². The number of aromatic nitrogens is 2. The van der Waals surface area contributed by atoms with Gasteiger partial charge in [0.15, 0.2) is 0 Å². The Hall–Kier alpha value is -4.18. The van der Waals surface area contributed by atoms with Crippen LogP contribution in [0.2, 0.25) is 0 Å². The number of urea groups is 1. The Morgan fingerprint density at radius 2 is 1.79 bits per heavy atom.